The van der Waals surface area contributed by atoms with Crippen molar-refractivity contribution >= 4 is 17.3 Å². The topological polar surface area (TPSA) is 39.7 Å². The van der Waals surface area contributed by atoms with Crippen LogP contribution in [0, 0.1) is 0 Å². The monoisotopic (exact) mass is 451 g/mol. The van der Waals surface area contributed by atoms with Crippen molar-refractivity contribution in [1.82, 2.24) is 0 Å². The molecule has 0 radical (unpaired) electrons. The average molecular weight is 452 g/mol. The van der Waals surface area contributed by atoms with E-state index in [-0.39, 0.29) is 0 Å². The van der Waals surface area contributed by atoms with E-state index in [4.69, 9.17) is 25.8 Å². The molecule has 0 saturated heterocycles. The van der Waals surface area contributed by atoms with Crippen molar-refractivity contribution in [1.29, 1.82) is 0 Å². The van der Waals surface area contributed by atoms with E-state index in [2.05, 4.69) is 18.0 Å². The lowest BCUT2D eigenvalue weighted by atomic mass is 10.0. The molecule has 0 amide bonds. The van der Waals surface area contributed by atoms with E-state index >= 15 is 0 Å². The molecule has 0 spiro atoms. The zero-order chi connectivity index (χ0) is 22.8. The molecule has 3 rings (SSSR count). The van der Waals surface area contributed by atoms with E-state index in [1.807, 2.05) is 74.5 Å². The molecule has 0 aliphatic carbocycles. The van der Waals surface area contributed by atoms with Crippen molar-refractivity contribution in [3.8, 4) is 17.2 Å². The molecule has 0 aromatic heterocycles. The fourth-order valence-corrected chi connectivity index (χ4v) is 3.59. The molecule has 0 aliphatic rings. The second kappa shape index (κ2) is 12.1. The molecule has 32 heavy (non-hydrogen) atoms. The first-order valence-electron chi connectivity index (χ1n) is 10.9. The number of anilines is 1. The van der Waals surface area contributed by atoms with Crippen LogP contribution >= 0.6 is 11.6 Å². The Morgan fingerprint density at radius 3 is 2.38 bits per heavy atom. The first-order valence-corrected chi connectivity index (χ1v) is 11.2. The Kier molecular flexibility index (Phi) is 8.88. The SMILES string of the molecule is C=CCc1cc(CNc2ccc(OCC)cc2)cc(OCC)c1OCc1cccc(Cl)c1. The second-order valence-corrected chi connectivity index (χ2v) is 7.67. The Morgan fingerprint density at radius 2 is 1.69 bits per heavy atom. The van der Waals surface area contributed by atoms with Gasteiger partial charge in [0.25, 0.3) is 0 Å². The molecule has 0 fully saturated rings. The van der Waals surface area contributed by atoms with Gasteiger partial charge >= 0.3 is 0 Å². The van der Waals surface area contributed by atoms with E-state index < -0.39 is 0 Å². The summed E-state index contributed by atoms with van der Waals surface area (Å²) in [5, 5.41) is 4.15. The number of halogens is 1. The van der Waals surface area contributed by atoms with Gasteiger partial charge < -0.3 is 19.5 Å². The summed E-state index contributed by atoms with van der Waals surface area (Å²) in [4.78, 5) is 0. The average Bonchev–Trinajstić information content (AvgIpc) is 2.79. The van der Waals surface area contributed by atoms with Gasteiger partial charge in [-0.05, 0) is 79.9 Å². The van der Waals surface area contributed by atoms with E-state index in [0.717, 1.165) is 39.6 Å². The molecule has 0 saturated carbocycles. The zero-order valence-electron chi connectivity index (χ0n) is 18.7. The highest BCUT2D eigenvalue weighted by atomic mass is 35.5. The lowest BCUT2D eigenvalue weighted by Crippen LogP contribution is -2.06. The van der Waals surface area contributed by atoms with Gasteiger partial charge in [-0.25, -0.2) is 0 Å². The van der Waals surface area contributed by atoms with E-state index in [9.17, 15) is 0 Å². The number of nitrogens with one attached hydrogen (secondary N) is 1. The highest BCUT2D eigenvalue weighted by Gasteiger charge is 2.14. The Bertz CT molecular complexity index is 1020. The van der Waals surface area contributed by atoms with E-state index in [1.165, 1.54) is 0 Å². The van der Waals surface area contributed by atoms with Gasteiger partial charge in [0.1, 0.15) is 12.4 Å². The summed E-state index contributed by atoms with van der Waals surface area (Å²) >= 11 is 6.11. The number of hydrogen-bond acceptors (Lipinski definition) is 4. The number of allylic oxidation sites excluding steroid dienone is 1. The van der Waals surface area contributed by atoms with Crippen molar-refractivity contribution in [3.05, 3.63) is 95.0 Å². The van der Waals surface area contributed by atoms with Gasteiger partial charge in [0.15, 0.2) is 11.5 Å². The Hall–Kier alpha value is -3.11. The summed E-state index contributed by atoms with van der Waals surface area (Å²) in [6, 6.07) is 19.8. The van der Waals surface area contributed by atoms with Crippen LogP contribution in [0.15, 0.2) is 73.3 Å². The molecule has 0 bridgehead atoms. The lowest BCUT2D eigenvalue weighted by Gasteiger charge is -2.18. The molecule has 4 nitrogen and oxygen atoms in total. The minimum Gasteiger partial charge on any atom is -0.494 e. The lowest BCUT2D eigenvalue weighted by molar-refractivity contribution is 0.267. The highest BCUT2D eigenvalue weighted by molar-refractivity contribution is 6.30. The standard InChI is InChI=1S/C27H30ClNO3/c1-4-8-22-15-21(18-29-24-11-13-25(14-12-24)30-5-2)17-26(31-6-3)27(22)32-19-20-9-7-10-23(28)16-20/h4,7,9-17,29H,1,5-6,8,18-19H2,2-3H3. The quantitative estimate of drug-likeness (QED) is 0.299. The Labute approximate surface area is 195 Å². The third kappa shape index (κ3) is 6.69. The maximum absolute atomic E-state index is 6.20. The minimum absolute atomic E-state index is 0.411. The molecule has 0 heterocycles. The molecular weight excluding hydrogens is 422 g/mol. The number of benzene rings is 3. The minimum atomic E-state index is 0.411. The van der Waals surface area contributed by atoms with Crippen LogP contribution < -0.4 is 19.5 Å². The zero-order valence-corrected chi connectivity index (χ0v) is 19.5. The molecule has 0 aliphatic heterocycles. The van der Waals surface area contributed by atoms with Crippen LogP contribution in [0.4, 0.5) is 5.69 Å². The normalized spacial score (nSPS) is 10.5. The summed E-state index contributed by atoms with van der Waals surface area (Å²) in [6.45, 7) is 10.1. The van der Waals surface area contributed by atoms with Gasteiger partial charge in [-0.3, -0.25) is 0 Å². The van der Waals surface area contributed by atoms with Crippen molar-refractivity contribution in [3.63, 3.8) is 0 Å². The largest absolute Gasteiger partial charge is 0.494 e. The number of rotatable bonds is 12. The molecule has 3 aromatic carbocycles. The number of ether oxygens (including phenoxy) is 3. The Morgan fingerprint density at radius 1 is 0.906 bits per heavy atom. The third-order valence-electron chi connectivity index (χ3n) is 4.79. The summed E-state index contributed by atoms with van der Waals surface area (Å²) in [5.41, 5.74) is 4.18. The fraction of sp³-hybridized carbons (Fsp3) is 0.259. The van der Waals surface area contributed by atoms with Crippen LogP contribution in [0.1, 0.15) is 30.5 Å². The van der Waals surface area contributed by atoms with Crippen LogP contribution in [0.3, 0.4) is 0 Å². The maximum atomic E-state index is 6.20. The van der Waals surface area contributed by atoms with Crippen molar-refractivity contribution < 1.29 is 14.2 Å². The van der Waals surface area contributed by atoms with Crippen LogP contribution in [0.2, 0.25) is 5.02 Å². The predicted molar refractivity (Wildman–Crippen MR) is 132 cm³/mol. The van der Waals surface area contributed by atoms with Crippen LogP contribution in [0.5, 0.6) is 17.2 Å². The summed E-state index contributed by atoms with van der Waals surface area (Å²) in [7, 11) is 0. The smallest absolute Gasteiger partial charge is 0.165 e. The van der Waals surface area contributed by atoms with Gasteiger partial charge in [0, 0.05) is 22.8 Å². The Balaban J connectivity index is 1.78. The maximum Gasteiger partial charge on any atom is 0.165 e. The van der Waals surface area contributed by atoms with Crippen molar-refractivity contribution in [2.45, 2.75) is 33.4 Å². The molecule has 0 atom stereocenters. The first kappa shape index (κ1) is 23.6. The summed E-state index contributed by atoms with van der Waals surface area (Å²) < 4.78 is 17.7. The molecule has 1 N–H and O–H groups in total. The molecule has 168 valence electrons. The van der Waals surface area contributed by atoms with Crippen LogP contribution in [-0.4, -0.2) is 13.2 Å². The number of hydrogen-bond donors (Lipinski definition) is 1. The second-order valence-electron chi connectivity index (χ2n) is 7.24. The van der Waals surface area contributed by atoms with Gasteiger partial charge in [-0.15, -0.1) is 6.58 Å². The summed E-state index contributed by atoms with van der Waals surface area (Å²) in [6.07, 6.45) is 2.56. The van der Waals surface area contributed by atoms with Crippen molar-refractivity contribution in [2.24, 2.45) is 0 Å². The van der Waals surface area contributed by atoms with Gasteiger partial charge in [-0.2, -0.15) is 0 Å². The van der Waals surface area contributed by atoms with Gasteiger partial charge in [0.2, 0.25) is 0 Å². The van der Waals surface area contributed by atoms with E-state index in [1.54, 1.807) is 0 Å². The molecule has 5 heteroatoms. The van der Waals surface area contributed by atoms with Gasteiger partial charge in [0.05, 0.1) is 13.2 Å². The molecular formula is C27H30ClNO3. The molecule has 0 unspecified atom stereocenters. The molecule has 3 aromatic rings. The van der Waals surface area contributed by atoms with Crippen molar-refractivity contribution in [2.75, 3.05) is 18.5 Å². The van der Waals surface area contributed by atoms with Crippen LogP contribution in [0.25, 0.3) is 0 Å². The van der Waals surface area contributed by atoms with Crippen LogP contribution in [-0.2, 0) is 19.6 Å². The van der Waals surface area contributed by atoms with E-state index in [0.29, 0.717) is 37.8 Å². The predicted octanol–water partition coefficient (Wildman–Crippen LogP) is 7.06. The highest BCUT2D eigenvalue weighted by Crippen LogP contribution is 2.35. The first-order chi connectivity index (χ1) is 15.6. The third-order valence-corrected chi connectivity index (χ3v) is 5.02. The van der Waals surface area contributed by atoms with Gasteiger partial charge in [-0.1, -0.05) is 29.8 Å². The summed E-state index contributed by atoms with van der Waals surface area (Å²) in [5.74, 6) is 2.35. The fourth-order valence-electron chi connectivity index (χ4n) is 3.38.